The molecule has 6 heteroatoms. The quantitative estimate of drug-likeness (QED) is 0.442. The highest BCUT2D eigenvalue weighted by atomic mass is 16.4. The molecule has 18 heavy (non-hydrogen) atoms. The number of aliphatic hydroxyl groups is 2. The Morgan fingerprint density at radius 2 is 1.89 bits per heavy atom. The van der Waals surface area contributed by atoms with Gasteiger partial charge in [-0.25, -0.2) is 0 Å². The number of phenolic OH excluding ortho intramolecular Hbond substituents is 1. The number of benzene rings is 1. The van der Waals surface area contributed by atoms with Crippen LogP contribution < -0.4 is 5.32 Å². The Morgan fingerprint density at radius 1 is 1.28 bits per heavy atom. The van der Waals surface area contributed by atoms with Gasteiger partial charge in [0.1, 0.15) is 11.8 Å². The summed E-state index contributed by atoms with van der Waals surface area (Å²) >= 11 is 0. The molecule has 6 nitrogen and oxygen atoms in total. The summed E-state index contributed by atoms with van der Waals surface area (Å²) in [5.74, 6) is -0.914. The van der Waals surface area contributed by atoms with E-state index in [2.05, 4.69) is 5.32 Å². The second-order valence-electron chi connectivity index (χ2n) is 4.01. The molecule has 1 aromatic carbocycles. The van der Waals surface area contributed by atoms with Gasteiger partial charge in [-0.05, 0) is 24.1 Å². The molecule has 0 aliphatic carbocycles. The summed E-state index contributed by atoms with van der Waals surface area (Å²) in [7, 11) is 0. The number of carboxylic acid groups (broad SMARTS) is 1. The summed E-state index contributed by atoms with van der Waals surface area (Å²) in [6.07, 6.45) is -0.750. The first-order chi connectivity index (χ1) is 8.52. The van der Waals surface area contributed by atoms with Gasteiger partial charge in [-0.2, -0.15) is 0 Å². The van der Waals surface area contributed by atoms with Gasteiger partial charge in [0.2, 0.25) is 0 Å². The summed E-state index contributed by atoms with van der Waals surface area (Å²) in [4.78, 5) is 11.0. The van der Waals surface area contributed by atoms with Crippen molar-refractivity contribution < 1.29 is 25.2 Å². The van der Waals surface area contributed by atoms with E-state index in [1.165, 1.54) is 12.1 Å². The van der Waals surface area contributed by atoms with Gasteiger partial charge in [0.05, 0.1) is 12.7 Å². The monoisotopic (exact) mass is 255 g/mol. The van der Waals surface area contributed by atoms with E-state index < -0.39 is 24.7 Å². The third-order valence-electron chi connectivity index (χ3n) is 2.48. The standard InChI is InChI=1S/C12H17NO5/c14-7-10(16)6-13-11(12(17)18)5-8-1-3-9(15)4-2-8/h1-4,10-11,13-16H,5-7H2,(H,17,18)/t10?,11-/m0/s1. The zero-order valence-electron chi connectivity index (χ0n) is 9.78. The topological polar surface area (TPSA) is 110 Å². The molecule has 100 valence electrons. The predicted molar refractivity (Wildman–Crippen MR) is 64.3 cm³/mol. The van der Waals surface area contributed by atoms with Crippen LogP contribution in [0.2, 0.25) is 0 Å². The molecule has 0 heterocycles. The summed E-state index contributed by atoms with van der Waals surface area (Å²) in [6.45, 7) is -0.413. The van der Waals surface area contributed by atoms with E-state index in [4.69, 9.17) is 20.4 Å². The van der Waals surface area contributed by atoms with Crippen LogP contribution in [0.15, 0.2) is 24.3 Å². The number of aliphatic carboxylic acids is 1. The molecule has 0 aliphatic rings. The molecular formula is C12H17NO5. The van der Waals surface area contributed by atoms with Crippen molar-refractivity contribution in [1.29, 1.82) is 0 Å². The van der Waals surface area contributed by atoms with Crippen LogP contribution >= 0.6 is 0 Å². The Hall–Kier alpha value is -1.63. The molecule has 1 unspecified atom stereocenters. The Balaban J connectivity index is 2.57. The van der Waals surface area contributed by atoms with Crippen LogP contribution in [0, 0.1) is 0 Å². The maximum absolute atomic E-state index is 11.0. The average molecular weight is 255 g/mol. The van der Waals surface area contributed by atoms with Crippen LogP contribution in [0.5, 0.6) is 5.75 Å². The summed E-state index contributed by atoms with van der Waals surface area (Å²) in [5, 5.41) is 38.6. The molecule has 0 saturated heterocycles. The van der Waals surface area contributed by atoms with Crippen LogP contribution in [0.3, 0.4) is 0 Å². The fraction of sp³-hybridized carbons (Fsp3) is 0.417. The van der Waals surface area contributed by atoms with Gasteiger partial charge in [-0.3, -0.25) is 4.79 Å². The molecule has 1 aromatic rings. The van der Waals surface area contributed by atoms with Gasteiger partial charge in [-0.15, -0.1) is 0 Å². The second-order valence-corrected chi connectivity index (χ2v) is 4.01. The number of nitrogens with one attached hydrogen (secondary N) is 1. The zero-order valence-corrected chi connectivity index (χ0v) is 9.78. The number of aromatic hydroxyl groups is 1. The molecule has 2 atom stereocenters. The van der Waals surface area contributed by atoms with Crippen LogP contribution in [0.1, 0.15) is 5.56 Å². The minimum absolute atomic E-state index is 0.00551. The highest BCUT2D eigenvalue weighted by Crippen LogP contribution is 2.11. The summed E-state index contributed by atoms with van der Waals surface area (Å²) in [6, 6.07) is 5.38. The fourth-order valence-electron chi connectivity index (χ4n) is 1.46. The minimum Gasteiger partial charge on any atom is -0.508 e. The van der Waals surface area contributed by atoms with Gasteiger partial charge in [-0.1, -0.05) is 12.1 Å². The van der Waals surface area contributed by atoms with E-state index in [0.29, 0.717) is 0 Å². The van der Waals surface area contributed by atoms with Crippen molar-refractivity contribution in [2.45, 2.75) is 18.6 Å². The zero-order chi connectivity index (χ0) is 13.5. The van der Waals surface area contributed by atoms with E-state index in [0.717, 1.165) is 5.56 Å². The highest BCUT2D eigenvalue weighted by Gasteiger charge is 2.18. The van der Waals surface area contributed by atoms with E-state index >= 15 is 0 Å². The van der Waals surface area contributed by atoms with E-state index in [-0.39, 0.29) is 18.7 Å². The molecule has 0 amide bonds. The first-order valence-electron chi connectivity index (χ1n) is 5.56. The Morgan fingerprint density at radius 3 is 2.39 bits per heavy atom. The van der Waals surface area contributed by atoms with E-state index in [1.54, 1.807) is 12.1 Å². The third kappa shape index (κ3) is 4.70. The van der Waals surface area contributed by atoms with Crippen molar-refractivity contribution >= 4 is 5.97 Å². The highest BCUT2D eigenvalue weighted by molar-refractivity contribution is 5.73. The maximum atomic E-state index is 11.0. The minimum atomic E-state index is -1.03. The third-order valence-corrected chi connectivity index (χ3v) is 2.48. The van der Waals surface area contributed by atoms with Gasteiger partial charge in [0, 0.05) is 6.54 Å². The van der Waals surface area contributed by atoms with Gasteiger partial charge >= 0.3 is 5.97 Å². The number of carbonyl (C=O) groups is 1. The lowest BCUT2D eigenvalue weighted by atomic mass is 10.1. The van der Waals surface area contributed by atoms with Crippen molar-refractivity contribution in [2.24, 2.45) is 0 Å². The van der Waals surface area contributed by atoms with Gasteiger partial charge in [0.15, 0.2) is 0 Å². The molecular weight excluding hydrogens is 238 g/mol. The molecule has 5 N–H and O–H groups in total. The summed E-state index contributed by atoms with van der Waals surface area (Å²) in [5.41, 5.74) is 0.756. The van der Waals surface area contributed by atoms with Crippen molar-refractivity contribution in [3.8, 4) is 5.75 Å². The number of hydrogen-bond donors (Lipinski definition) is 5. The van der Waals surface area contributed by atoms with E-state index in [9.17, 15) is 4.79 Å². The van der Waals surface area contributed by atoms with Crippen LogP contribution in [0.25, 0.3) is 0 Å². The Bertz CT molecular complexity index is 379. The predicted octanol–water partition coefficient (Wildman–Crippen LogP) is -0.669. The molecule has 0 radical (unpaired) electrons. The first kappa shape index (κ1) is 14.4. The molecule has 0 aromatic heterocycles. The van der Waals surface area contributed by atoms with Crippen LogP contribution in [-0.4, -0.2) is 51.7 Å². The fourth-order valence-corrected chi connectivity index (χ4v) is 1.46. The lowest BCUT2D eigenvalue weighted by Gasteiger charge is -2.16. The molecule has 0 saturated carbocycles. The number of phenols is 1. The molecule has 1 rings (SSSR count). The second kappa shape index (κ2) is 6.95. The molecule has 0 fully saturated rings. The molecule has 0 bridgehead atoms. The van der Waals surface area contributed by atoms with Gasteiger partial charge < -0.3 is 25.7 Å². The smallest absolute Gasteiger partial charge is 0.321 e. The first-order valence-corrected chi connectivity index (χ1v) is 5.56. The van der Waals surface area contributed by atoms with Crippen LogP contribution in [0.4, 0.5) is 0 Å². The summed E-state index contributed by atoms with van der Waals surface area (Å²) < 4.78 is 0. The van der Waals surface area contributed by atoms with Crippen molar-refractivity contribution in [3.05, 3.63) is 29.8 Å². The average Bonchev–Trinajstić information content (AvgIpc) is 2.35. The SMILES string of the molecule is O=C(O)[C@H](Cc1ccc(O)cc1)NCC(O)CO. The number of hydrogen-bond acceptors (Lipinski definition) is 5. The number of rotatable bonds is 7. The Labute approximate surface area is 105 Å². The van der Waals surface area contributed by atoms with Crippen molar-refractivity contribution in [3.63, 3.8) is 0 Å². The van der Waals surface area contributed by atoms with Crippen molar-refractivity contribution in [2.75, 3.05) is 13.2 Å². The lowest BCUT2D eigenvalue weighted by molar-refractivity contribution is -0.139. The maximum Gasteiger partial charge on any atom is 0.321 e. The Kier molecular flexibility index (Phi) is 5.57. The normalized spacial score (nSPS) is 14.1. The van der Waals surface area contributed by atoms with E-state index in [1.807, 2.05) is 0 Å². The lowest BCUT2D eigenvalue weighted by Crippen LogP contribution is -2.43. The van der Waals surface area contributed by atoms with Crippen LogP contribution in [-0.2, 0) is 11.2 Å². The van der Waals surface area contributed by atoms with Crippen molar-refractivity contribution in [1.82, 2.24) is 5.32 Å². The molecule has 0 spiro atoms. The largest absolute Gasteiger partial charge is 0.508 e. The van der Waals surface area contributed by atoms with Gasteiger partial charge in [0.25, 0.3) is 0 Å². The molecule has 0 aliphatic heterocycles. The number of aliphatic hydroxyl groups excluding tert-OH is 2. The number of carboxylic acids is 1.